The van der Waals surface area contributed by atoms with Gasteiger partial charge in [0.25, 0.3) is 0 Å². The molecule has 0 aliphatic carbocycles. The number of nitrogens with two attached hydrogens (primary N) is 1. The van der Waals surface area contributed by atoms with Crippen LogP contribution in [0.25, 0.3) is 0 Å². The number of hydrogen-bond donors (Lipinski definition) is 1. The molecule has 2 N–H and O–H groups in total. The quantitative estimate of drug-likeness (QED) is 0.911. The zero-order valence-corrected chi connectivity index (χ0v) is 12.0. The Morgan fingerprint density at radius 1 is 1.30 bits per heavy atom. The Morgan fingerprint density at radius 2 is 2.15 bits per heavy atom. The second-order valence-electron chi connectivity index (χ2n) is 5.48. The molecule has 20 heavy (non-hydrogen) atoms. The van der Waals surface area contributed by atoms with Crippen molar-refractivity contribution in [2.45, 2.75) is 39.4 Å². The predicted molar refractivity (Wildman–Crippen MR) is 77.3 cm³/mol. The van der Waals surface area contributed by atoms with E-state index < -0.39 is 0 Å². The van der Waals surface area contributed by atoms with Crippen LogP contribution in [0.3, 0.4) is 0 Å². The number of fused-ring (bicyclic) bond motifs is 1. The van der Waals surface area contributed by atoms with Gasteiger partial charge >= 0.3 is 0 Å². The van der Waals surface area contributed by atoms with Crippen molar-refractivity contribution in [3.05, 3.63) is 35.5 Å². The van der Waals surface area contributed by atoms with Crippen molar-refractivity contribution in [2.24, 2.45) is 5.73 Å². The summed E-state index contributed by atoms with van der Waals surface area (Å²) in [5, 5.41) is 8.11. The van der Waals surface area contributed by atoms with E-state index in [2.05, 4.69) is 45.6 Å². The summed E-state index contributed by atoms with van der Waals surface area (Å²) < 4.78 is 2.09. The summed E-state index contributed by atoms with van der Waals surface area (Å²) >= 11 is 0. The maximum atomic E-state index is 5.80. The summed E-state index contributed by atoms with van der Waals surface area (Å²) in [6.07, 6.45) is 1.79. The lowest BCUT2D eigenvalue weighted by Crippen LogP contribution is -2.34. The van der Waals surface area contributed by atoms with Gasteiger partial charge in [0.15, 0.2) is 5.82 Å². The van der Waals surface area contributed by atoms with Crippen molar-refractivity contribution in [2.75, 3.05) is 11.4 Å². The number of pyridine rings is 1. The van der Waals surface area contributed by atoms with E-state index in [4.69, 9.17) is 10.7 Å². The average molecular weight is 272 g/mol. The molecule has 0 saturated heterocycles. The van der Waals surface area contributed by atoms with Crippen LogP contribution in [0.2, 0.25) is 0 Å². The molecule has 0 atom stereocenters. The first-order chi connectivity index (χ1) is 9.67. The number of aromatic nitrogens is 4. The van der Waals surface area contributed by atoms with Crippen LogP contribution in [0.4, 0.5) is 5.82 Å². The predicted octanol–water partition coefficient (Wildman–Crippen LogP) is 1.28. The minimum atomic E-state index is 0.397. The molecule has 2 aromatic rings. The standard InChI is InChI=1S/C14H20N6/c1-10(2)12-5-11(7-15)6-13(17-12)19-3-4-20-9-16-18-14(20)8-19/h5-6,9-10H,3-4,7-8,15H2,1-2H3. The third-order valence-electron chi connectivity index (χ3n) is 3.68. The van der Waals surface area contributed by atoms with Crippen LogP contribution in [0, 0.1) is 0 Å². The summed E-state index contributed by atoms with van der Waals surface area (Å²) in [6.45, 7) is 7.41. The highest BCUT2D eigenvalue weighted by Gasteiger charge is 2.19. The van der Waals surface area contributed by atoms with Gasteiger partial charge in [0.05, 0.1) is 6.54 Å². The zero-order valence-electron chi connectivity index (χ0n) is 12.0. The second-order valence-corrected chi connectivity index (χ2v) is 5.48. The van der Waals surface area contributed by atoms with Gasteiger partial charge in [0.2, 0.25) is 0 Å². The van der Waals surface area contributed by atoms with Gasteiger partial charge < -0.3 is 15.2 Å². The molecule has 1 aliphatic rings. The van der Waals surface area contributed by atoms with Crippen LogP contribution in [-0.2, 0) is 19.6 Å². The molecular weight excluding hydrogens is 252 g/mol. The number of hydrogen-bond acceptors (Lipinski definition) is 5. The first-order valence-corrected chi connectivity index (χ1v) is 7.00. The Morgan fingerprint density at radius 3 is 2.90 bits per heavy atom. The third-order valence-corrected chi connectivity index (χ3v) is 3.68. The maximum Gasteiger partial charge on any atom is 0.152 e. The summed E-state index contributed by atoms with van der Waals surface area (Å²) in [5.41, 5.74) is 8.03. The van der Waals surface area contributed by atoms with Crippen LogP contribution >= 0.6 is 0 Å². The van der Waals surface area contributed by atoms with E-state index in [9.17, 15) is 0 Å². The molecule has 0 amide bonds. The molecule has 0 radical (unpaired) electrons. The minimum Gasteiger partial charge on any atom is -0.347 e. The van der Waals surface area contributed by atoms with Crippen molar-refractivity contribution in [1.29, 1.82) is 0 Å². The van der Waals surface area contributed by atoms with Gasteiger partial charge in [-0.1, -0.05) is 13.8 Å². The van der Waals surface area contributed by atoms with Crippen molar-refractivity contribution in [3.63, 3.8) is 0 Å². The maximum absolute atomic E-state index is 5.80. The fourth-order valence-corrected chi connectivity index (χ4v) is 2.43. The summed E-state index contributed by atoms with van der Waals surface area (Å²) in [7, 11) is 0. The smallest absolute Gasteiger partial charge is 0.152 e. The van der Waals surface area contributed by atoms with Gasteiger partial charge in [0.1, 0.15) is 12.1 Å². The van der Waals surface area contributed by atoms with Crippen molar-refractivity contribution >= 4 is 5.82 Å². The van der Waals surface area contributed by atoms with Crippen LogP contribution in [-0.4, -0.2) is 26.3 Å². The van der Waals surface area contributed by atoms with E-state index >= 15 is 0 Å². The van der Waals surface area contributed by atoms with Crippen LogP contribution in [0.5, 0.6) is 0 Å². The van der Waals surface area contributed by atoms with E-state index in [0.29, 0.717) is 12.5 Å². The Labute approximate surface area is 118 Å². The lowest BCUT2D eigenvalue weighted by Gasteiger charge is -2.29. The van der Waals surface area contributed by atoms with Crippen LogP contribution in [0.15, 0.2) is 18.5 Å². The first-order valence-electron chi connectivity index (χ1n) is 7.00. The second kappa shape index (κ2) is 5.20. The fourth-order valence-electron chi connectivity index (χ4n) is 2.43. The number of anilines is 1. The van der Waals surface area contributed by atoms with Crippen molar-refractivity contribution in [3.8, 4) is 0 Å². The third kappa shape index (κ3) is 2.38. The molecule has 0 unspecified atom stereocenters. The van der Waals surface area contributed by atoms with Gasteiger partial charge in [0, 0.05) is 25.3 Å². The number of rotatable bonds is 3. The van der Waals surface area contributed by atoms with E-state index in [0.717, 1.165) is 42.5 Å². The topological polar surface area (TPSA) is 72.9 Å². The molecule has 6 nitrogen and oxygen atoms in total. The lowest BCUT2D eigenvalue weighted by atomic mass is 10.1. The molecule has 0 fully saturated rings. The molecule has 0 bridgehead atoms. The monoisotopic (exact) mass is 272 g/mol. The summed E-state index contributed by atoms with van der Waals surface area (Å²) in [6, 6.07) is 4.18. The van der Waals surface area contributed by atoms with Gasteiger partial charge in [-0.15, -0.1) is 10.2 Å². The summed E-state index contributed by atoms with van der Waals surface area (Å²) in [4.78, 5) is 7.02. The fraction of sp³-hybridized carbons (Fsp3) is 0.500. The minimum absolute atomic E-state index is 0.397. The van der Waals surface area contributed by atoms with Crippen LogP contribution in [0.1, 0.15) is 36.8 Å². The van der Waals surface area contributed by atoms with E-state index in [-0.39, 0.29) is 0 Å². The van der Waals surface area contributed by atoms with E-state index in [1.54, 1.807) is 6.33 Å². The number of nitrogens with zero attached hydrogens (tertiary/aromatic N) is 5. The molecule has 0 spiro atoms. The zero-order chi connectivity index (χ0) is 14.1. The van der Waals surface area contributed by atoms with E-state index in [1.807, 2.05) is 0 Å². The Balaban J connectivity index is 1.92. The average Bonchev–Trinajstić information content (AvgIpc) is 2.94. The Kier molecular flexibility index (Phi) is 3.40. The summed E-state index contributed by atoms with van der Waals surface area (Å²) in [5.74, 6) is 2.38. The largest absolute Gasteiger partial charge is 0.347 e. The van der Waals surface area contributed by atoms with Gasteiger partial charge in [-0.05, 0) is 23.6 Å². The molecule has 0 aromatic carbocycles. The molecule has 0 saturated carbocycles. The Hall–Kier alpha value is -1.95. The highest BCUT2D eigenvalue weighted by Crippen LogP contribution is 2.23. The molecular formula is C14H20N6. The molecule has 3 heterocycles. The Bertz CT molecular complexity index is 603. The highest BCUT2D eigenvalue weighted by atomic mass is 15.3. The first kappa shape index (κ1) is 13.1. The van der Waals surface area contributed by atoms with Crippen molar-refractivity contribution in [1.82, 2.24) is 19.7 Å². The van der Waals surface area contributed by atoms with Gasteiger partial charge in [-0.2, -0.15) is 0 Å². The molecule has 1 aliphatic heterocycles. The lowest BCUT2D eigenvalue weighted by molar-refractivity contribution is 0.555. The molecule has 2 aromatic heterocycles. The van der Waals surface area contributed by atoms with Crippen molar-refractivity contribution < 1.29 is 0 Å². The van der Waals surface area contributed by atoms with Crippen LogP contribution < -0.4 is 10.6 Å². The van der Waals surface area contributed by atoms with Gasteiger partial charge in [-0.3, -0.25) is 0 Å². The molecule has 3 rings (SSSR count). The SMILES string of the molecule is CC(C)c1cc(CN)cc(N2CCn3cnnc3C2)n1. The molecule has 106 valence electrons. The van der Waals surface area contributed by atoms with Gasteiger partial charge in [-0.25, -0.2) is 4.98 Å². The normalized spacial score (nSPS) is 14.7. The highest BCUT2D eigenvalue weighted by molar-refractivity contribution is 5.44. The molecule has 6 heteroatoms. The van der Waals surface area contributed by atoms with E-state index in [1.165, 1.54) is 0 Å².